The molecule has 1 atom stereocenters. The Kier molecular flexibility index (Phi) is 4.68. The summed E-state index contributed by atoms with van der Waals surface area (Å²) < 4.78 is 13.2. The molecule has 0 bridgehead atoms. The first-order chi connectivity index (χ1) is 14.0. The van der Waals surface area contributed by atoms with Gasteiger partial charge < -0.3 is 4.90 Å². The van der Waals surface area contributed by atoms with Crippen molar-refractivity contribution in [1.29, 1.82) is 0 Å². The van der Waals surface area contributed by atoms with Gasteiger partial charge in [0, 0.05) is 36.3 Å². The van der Waals surface area contributed by atoms with Crippen LogP contribution in [0.5, 0.6) is 0 Å². The van der Waals surface area contributed by atoms with Gasteiger partial charge in [-0.25, -0.2) is 4.39 Å². The highest BCUT2D eigenvalue weighted by Gasteiger charge is 2.61. The Morgan fingerprint density at radius 1 is 1.14 bits per heavy atom. The molecule has 1 saturated heterocycles. The summed E-state index contributed by atoms with van der Waals surface area (Å²) in [5.74, 6) is 0.962. The fourth-order valence-corrected chi connectivity index (χ4v) is 5.41. The number of amides is 1. The summed E-state index contributed by atoms with van der Waals surface area (Å²) in [5, 5.41) is 0. The smallest absolute Gasteiger partial charge is 0.226 e. The van der Waals surface area contributed by atoms with Crippen LogP contribution in [-0.4, -0.2) is 28.9 Å². The maximum atomic E-state index is 13.2. The van der Waals surface area contributed by atoms with E-state index >= 15 is 0 Å². The number of piperidine rings is 1. The molecule has 0 N–H and O–H groups in total. The van der Waals surface area contributed by atoms with E-state index in [9.17, 15) is 9.18 Å². The van der Waals surface area contributed by atoms with Crippen LogP contribution >= 0.6 is 0 Å². The SMILES string of the molecule is Cc1cc(Cc2ccc(F)cc2)cc(C2CCN(C(=O)[C@@H]3CC34CCC4)CC2)n1. The van der Waals surface area contributed by atoms with Crippen LogP contribution in [0.15, 0.2) is 36.4 Å². The minimum absolute atomic E-state index is 0.198. The third kappa shape index (κ3) is 3.70. The zero-order valence-electron chi connectivity index (χ0n) is 17.2. The quantitative estimate of drug-likeness (QED) is 0.732. The molecule has 4 heteroatoms. The molecule has 2 heterocycles. The van der Waals surface area contributed by atoms with Gasteiger partial charge in [0.15, 0.2) is 0 Å². The molecular formula is C25H29FN2O. The number of benzene rings is 1. The molecule has 2 saturated carbocycles. The van der Waals surface area contributed by atoms with E-state index in [0.29, 0.717) is 23.2 Å². The lowest BCUT2D eigenvalue weighted by Crippen LogP contribution is -2.40. The van der Waals surface area contributed by atoms with Crippen molar-refractivity contribution >= 4 is 5.91 Å². The normalized spacial score (nSPS) is 23.1. The number of likely N-dealkylation sites (tertiary alicyclic amines) is 1. The number of carbonyl (C=O) groups is 1. The fourth-order valence-electron chi connectivity index (χ4n) is 5.41. The summed E-state index contributed by atoms with van der Waals surface area (Å²) in [5.41, 5.74) is 4.93. The third-order valence-electron chi connectivity index (χ3n) is 7.42. The molecule has 3 nitrogen and oxygen atoms in total. The zero-order chi connectivity index (χ0) is 20.0. The van der Waals surface area contributed by atoms with Gasteiger partial charge in [0.05, 0.1) is 0 Å². The van der Waals surface area contributed by atoms with Crippen molar-refractivity contribution in [2.75, 3.05) is 13.1 Å². The number of pyridine rings is 1. The first kappa shape index (κ1) is 18.8. The van der Waals surface area contributed by atoms with Crippen molar-refractivity contribution in [3.63, 3.8) is 0 Å². The number of halogens is 1. The van der Waals surface area contributed by atoms with E-state index in [4.69, 9.17) is 4.98 Å². The largest absolute Gasteiger partial charge is 0.342 e. The number of carbonyl (C=O) groups excluding carboxylic acids is 1. The predicted molar refractivity (Wildman–Crippen MR) is 111 cm³/mol. The van der Waals surface area contributed by atoms with Crippen LogP contribution in [-0.2, 0) is 11.2 Å². The van der Waals surface area contributed by atoms with Crippen LogP contribution in [0.2, 0.25) is 0 Å². The van der Waals surface area contributed by atoms with Crippen molar-refractivity contribution in [3.05, 3.63) is 64.7 Å². The Bertz CT molecular complexity index is 911. The maximum absolute atomic E-state index is 13.2. The van der Waals surface area contributed by atoms with Gasteiger partial charge in [0.1, 0.15) is 5.82 Å². The van der Waals surface area contributed by atoms with Crippen molar-refractivity contribution in [3.8, 4) is 0 Å². The van der Waals surface area contributed by atoms with Crippen molar-refractivity contribution in [2.24, 2.45) is 11.3 Å². The van der Waals surface area contributed by atoms with Gasteiger partial charge in [-0.1, -0.05) is 18.6 Å². The zero-order valence-corrected chi connectivity index (χ0v) is 17.2. The van der Waals surface area contributed by atoms with Gasteiger partial charge in [0.2, 0.25) is 5.91 Å². The molecule has 2 aromatic rings. The average Bonchev–Trinajstić information content (AvgIpc) is 3.46. The Hall–Kier alpha value is -2.23. The van der Waals surface area contributed by atoms with Crippen LogP contribution < -0.4 is 0 Å². The summed E-state index contributed by atoms with van der Waals surface area (Å²) in [6.07, 6.45) is 7.77. The van der Waals surface area contributed by atoms with Gasteiger partial charge in [-0.15, -0.1) is 0 Å². The van der Waals surface area contributed by atoms with E-state index in [1.807, 2.05) is 19.1 Å². The van der Waals surface area contributed by atoms with Gasteiger partial charge in [-0.3, -0.25) is 9.78 Å². The van der Waals surface area contributed by atoms with Gasteiger partial charge in [-0.2, -0.15) is 0 Å². The Labute approximate surface area is 172 Å². The molecule has 1 aromatic carbocycles. The van der Waals surface area contributed by atoms with Gasteiger partial charge in [0.25, 0.3) is 0 Å². The standard InChI is InChI=1S/C25H29FN2O/c1-17-13-19(14-18-3-5-21(26)6-4-18)15-23(27-17)20-7-11-28(12-8-20)24(29)22-16-25(22)9-2-10-25/h3-6,13,15,20,22H,2,7-12,14,16H2,1H3/t22-/m0/s1. The molecule has 0 radical (unpaired) electrons. The minimum atomic E-state index is -0.198. The summed E-state index contributed by atoms with van der Waals surface area (Å²) >= 11 is 0. The summed E-state index contributed by atoms with van der Waals surface area (Å²) in [7, 11) is 0. The molecule has 1 aliphatic heterocycles. The van der Waals surface area contributed by atoms with Crippen molar-refractivity contribution in [1.82, 2.24) is 9.88 Å². The summed E-state index contributed by atoms with van der Waals surface area (Å²) in [6, 6.07) is 11.1. The first-order valence-corrected chi connectivity index (χ1v) is 11.0. The fraction of sp³-hybridized carbons (Fsp3) is 0.520. The van der Waals surface area contributed by atoms with Crippen LogP contribution in [0.25, 0.3) is 0 Å². The predicted octanol–water partition coefficient (Wildman–Crippen LogP) is 5.02. The van der Waals surface area contributed by atoms with E-state index in [1.54, 1.807) is 0 Å². The first-order valence-electron chi connectivity index (χ1n) is 11.0. The van der Waals surface area contributed by atoms with Crippen LogP contribution in [0.1, 0.15) is 67.0 Å². The highest BCUT2D eigenvalue weighted by molar-refractivity contribution is 5.83. The van der Waals surface area contributed by atoms with Crippen molar-refractivity contribution in [2.45, 2.75) is 57.8 Å². The molecule has 1 aromatic heterocycles. The Morgan fingerprint density at radius 3 is 2.48 bits per heavy atom. The van der Waals surface area contributed by atoms with Crippen LogP contribution in [0, 0.1) is 24.1 Å². The van der Waals surface area contributed by atoms with Gasteiger partial charge in [-0.05, 0) is 86.3 Å². The number of aromatic nitrogens is 1. The number of hydrogen-bond donors (Lipinski definition) is 0. The second-order valence-electron chi connectivity index (χ2n) is 9.42. The lowest BCUT2D eigenvalue weighted by Gasteiger charge is -2.34. The number of rotatable bonds is 4. The number of aryl methyl sites for hydroxylation is 1. The third-order valence-corrected chi connectivity index (χ3v) is 7.42. The van der Waals surface area contributed by atoms with E-state index in [0.717, 1.165) is 55.7 Å². The van der Waals surface area contributed by atoms with E-state index in [1.165, 1.54) is 37.0 Å². The Balaban J connectivity index is 1.23. The van der Waals surface area contributed by atoms with E-state index in [-0.39, 0.29) is 5.82 Å². The van der Waals surface area contributed by atoms with E-state index in [2.05, 4.69) is 17.0 Å². The molecule has 152 valence electrons. The molecule has 5 rings (SSSR count). The molecule has 3 fully saturated rings. The lowest BCUT2D eigenvalue weighted by atomic mass is 9.79. The minimum Gasteiger partial charge on any atom is -0.342 e. The molecular weight excluding hydrogens is 363 g/mol. The summed E-state index contributed by atoms with van der Waals surface area (Å²) in [4.78, 5) is 19.8. The average molecular weight is 393 g/mol. The second kappa shape index (κ2) is 7.23. The summed E-state index contributed by atoms with van der Waals surface area (Å²) in [6.45, 7) is 3.76. The molecule has 2 aliphatic carbocycles. The highest BCUT2D eigenvalue weighted by atomic mass is 19.1. The monoisotopic (exact) mass is 392 g/mol. The Morgan fingerprint density at radius 2 is 1.86 bits per heavy atom. The molecule has 1 amide bonds. The van der Waals surface area contributed by atoms with Crippen LogP contribution in [0.3, 0.4) is 0 Å². The number of hydrogen-bond acceptors (Lipinski definition) is 2. The van der Waals surface area contributed by atoms with Crippen LogP contribution in [0.4, 0.5) is 4.39 Å². The molecule has 1 spiro atoms. The second-order valence-corrected chi connectivity index (χ2v) is 9.42. The lowest BCUT2D eigenvalue weighted by molar-refractivity contribution is -0.135. The van der Waals surface area contributed by atoms with E-state index < -0.39 is 0 Å². The van der Waals surface area contributed by atoms with Crippen molar-refractivity contribution < 1.29 is 9.18 Å². The molecule has 29 heavy (non-hydrogen) atoms. The molecule has 3 aliphatic rings. The number of nitrogens with zero attached hydrogens (tertiary/aromatic N) is 2. The van der Waals surface area contributed by atoms with Gasteiger partial charge >= 0.3 is 0 Å². The molecule has 0 unspecified atom stereocenters. The topological polar surface area (TPSA) is 33.2 Å². The maximum Gasteiger partial charge on any atom is 0.226 e. The highest BCUT2D eigenvalue weighted by Crippen LogP contribution is 2.66.